The number of rotatable bonds is 4. The highest BCUT2D eigenvalue weighted by molar-refractivity contribution is 6.10. The highest BCUT2D eigenvalue weighted by Gasteiger charge is 2.13. The number of aromatic hydroxyl groups is 1. The first-order valence-corrected chi connectivity index (χ1v) is 7.19. The molecule has 0 amide bonds. The van der Waals surface area contributed by atoms with Crippen molar-refractivity contribution >= 4 is 5.78 Å². The summed E-state index contributed by atoms with van der Waals surface area (Å²) in [5.74, 6) is -0.133. The van der Waals surface area contributed by atoms with Crippen LogP contribution in [0.3, 0.4) is 0 Å². The molecule has 0 spiro atoms. The van der Waals surface area contributed by atoms with Crippen molar-refractivity contribution in [2.75, 3.05) is 0 Å². The number of phenolic OH excluding ortho intramolecular Hbond substituents is 1. The molecule has 0 aromatic heterocycles. The van der Waals surface area contributed by atoms with Gasteiger partial charge in [-0.05, 0) is 29.7 Å². The molecule has 0 radical (unpaired) electrons. The average molecular weight is 288 g/mol. The fraction of sp³-hybridized carbons (Fsp3) is 0.0500. The summed E-state index contributed by atoms with van der Waals surface area (Å²) in [5.41, 5.74) is 3.06. The summed E-state index contributed by atoms with van der Waals surface area (Å²) >= 11 is 0. The minimum absolute atomic E-state index is 0.0299. The minimum atomic E-state index is -0.163. The Hall–Kier alpha value is -2.87. The standard InChI is InChI=1S/C20H16O2/c21-19-14-16(13-15-7-3-1-4-8-15)11-12-18(19)20(22)17-9-5-2-6-10-17/h1-12,14,21H,13H2. The summed E-state index contributed by atoms with van der Waals surface area (Å²) in [4.78, 5) is 12.4. The van der Waals surface area contributed by atoms with E-state index >= 15 is 0 Å². The number of phenols is 1. The molecular formula is C20H16O2. The maximum Gasteiger partial charge on any atom is 0.196 e. The van der Waals surface area contributed by atoms with Crippen LogP contribution in [-0.4, -0.2) is 10.9 Å². The molecule has 108 valence electrons. The Morgan fingerprint density at radius 3 is 2.05 bits per heavy atom. The summed E-state index contributed by atoms with van der Waals surface area (Å²) in [6.45, 7) is 0. The molecule has 3 rings (SSSR count). The van der Waals surface area contributed by atoms with E-state index < -0.39 is 0 Å². The molecule has 0 atom stereocenters. The Morgan fingerprint density at radius 2 is 1.41 bits per heavy atom. The van der Waals surface area contributed by atoms with Crippen molar-refractivity contribution < 1.29 is 9.90 Å². The highest BCUT2D eigenvalue weighted by atomic mass is 16.3. The lowest BCUT2D eigenvalue weighted by Gasteiger charge is -2.07. The minimum Gasteiger partial charge on any atom is -0.507 e. The van der Waals surface area contributed by atoms with Crippen LogP contribution in [-0.2, 0) is 6.42 Å². The van der Waals surface area contributed by atoms with Crippen molar-refractivity contribution in [3.63, 3.8) is 0 Å². The molecule has 0 heterocycles. The van der Waals surface area contributed by atoms with Crippen molar-refractivity contribution in [1.82, 2.24) is 0 Å². The summed E-state index contributed by atoms with van der Waals surface area (Å²) < 4.78 is 0. The van der Waals surface area contributed by atoms with E-state index in [9.17, 15) is 9.90 Å². The number of carbonyl (C=O) groups excluding carboxylic acids is 1. The normalized spacial score (nSPS) is 10.4. The number of carbonyl (C=O) groups is 1. The smallest absolute Gasteiger partial charge is 0.196 e. The predicted octanol–water partition coefficient (Wildman–Crippen LogP) is 4.21. The summed E-state index contributed by atoms with van der Waals surface area (Å²) in [6, 6.07) is 24.3. The lowest BCUT2D eigenvalue weighted by Crippen LogP contribution is -2.02. The molecule has 3 aromatic carbocycles. The number of hydrogen-bond acceptors (Lipinski definition) is 2. The van der Waals surface area contributed by atoms with Crippen LogP contribution in [0.25, 0.3) is 0 Å². The predicted molar refractivity (Wildman–Crippen MR) is 87.2 cm³/mol. The Balaban J connectivity index is 1.85. The second-order valence-electron chi connectivity index (χ2n) is 5.21. The monoisotopic (exact) mass is 288 g/mol. The molecule has 0 aliphatic heterocycles. The third-order valence-electron chi connectivity index (χ3n) is 3.59. The third kappa shape index (κ3) is 3.07. The van der Waals surface area contributed by atoms with Crippen LogP contribution >= 0.6 is 0 Å². The van der Waals surface area contributed by atoms with E-state index in [1.165, 1.54) is 5.56 Å². The van der Waals surface area contributed by atoms with Gasteiger partial charge in [-0.25, -0.2) is 0 Å². The van der Waals surface area contributed by atoms with Gasteiger partial charge in [0.2, 0.25) is 0 Å². The van der Waals surface area contributed by atoms with E-state index in [0.717, 1.165) is 12.0 Å². The Bertz CT molecular complexity index is 777. The van der Waals surface area contributed by atoms with Crippen molar-refractivity contribution in [2.45, 2.75) is 6.42 Å². The van der Waals surface area contributed by atoms with Crippen LogP contribution in [0.5, 0.6) is 5.75 Å². The molecule has 22 heavy (non-hydrogen) atoms. The maximum atomic E-state index is 12.4. The number of hydrogen-bond donors (Lipinski definition) is 1. The first-order valence-electron chi connectivity index (χ1n) is 7.19. The molecular weight excluding hydrogens is 272 g/mol. The third-order valence-corrected chi connectivity index (χ3v) is 3.59. The first kappa shape index (κ1) is 14.1. The summed E-state index contributed by atoms with van der Waals surface area (Å²) in [5, 5.41) is 10.2. The average Bonchev–Trinajstić information content (AvgIpc) is 2.56. The van der Waals surface area contributed by atoms with E-state index in [1.807, 2.05) is 54.6 Å². The molecule has 0 fully saturated rings. The lowest BCUT2D eigenvalue weighted by molar-refractivity contribution is 0.103. The van der Waals surface area contributed by atoms with Crippen molar-refractivity contribution in [2.24, 2.45) is 0 Å². The molecule has 2 heteroatoms. The molecule has 0 saturated heterocycles. The SMILES string of the molecule is O=C(c1ccccc1)c1ccc(Cc2ccccc2)cc1O. The van der Waals surface area contributed by atoms with E-state index in [4.69, 9.17) is 0 Å². The van der Waals surface area contributed by atoms with Crippen LogP contribution in [0, 0.1) is 0 Å². The second kappa shape index (κ2) is 6.27. The molecule has 0 aliphatic carbocycles. The Morgan fingerprint density at radius 1 is 0.773 bits per heavy atom. The van der Waals surface area contributed by atoms with Crippen molar-refractivity contribution in [3.8, 4) is 5.75 Å². The maximum absolute atomic E-state index is 12.4. The van der Waals surface area contributed by atoms with Gasteiger partial charge < -0.3 is 5.11 Å². The van der Waals surface area contributed by atoms with Crippen LogP contribution in [0.4, 0.5) is 0 Å². The zero-order valence-electron chi connectivity index (χ0n) is 12.1. The van der Waals surface area contributed by atoms with Crippen LogP contribution in [0.15, 0.2) is 78.9 Å². The van der Waals surface area contributed by atoms with Crippen molar-refractivity contribution in [1.29, 1.82) is 0 Å². The van der Waals surface area contributed by atoms with E-state index in [1.54, 1.807) is 24.3 Å². The van der Waals surface area contributed by atoms with E-state index in [-0.39, 0.29) is 11.5 Å². The van der Waals surface area contributed by atoms with Gasteiger partial charge in [-0.15, -0.1) is 0 Å². The topological polar surface area (TPSA) is 37.3 Å². The van der Waals surface area contributed by atoms with Crippen LogP contribution < -0.4 is 0 Å². The van der Waals surface area contributed by atoms with Gasteiger partial charge in [0.15, 0.2) is 5.78 Å². The fourth-order valence-electron chi connectivity index (χ4n) is 2.46. The molecule has 0 saturated carbocycles. The van der Waals surface area contributed by atoms with Gasteiger partial charge in [0.05, 0.1) is 5.56 Å². The second-order valence-corrected chi connectivity index (χ2v) is 5.21. The van der Waals surface area contributed by atoms with E-state index in [0.29, 0.717) is 11.1 Å². The van der Waals surface area contributed by atoms with Gasteiger partial charge in [-0.2, -0.15) is 0 Å². The molecule has 0 unspecified atom stereocenters. The van der Waals surface area contributed by atoms with Crippen LogP contribution in [0.2, 0.25) is 0 Å². The number of ketones is 1. The van der Waals surface area contributed by atoms with Gasteiger partial charge in [-0.1, -0.05) is 66.7 Å². The highest BCUT2D eigenvalue weighted by Crippen LogP contribution is 2.23. The number of benzene rings is 3. The van der Waals surface area contributed by atoms with Gasteiger partial charge >= 0.3 is 0 Å². The summed E-state index contributed by atoms with van der Waals surface area (Å²) in [6.07, 6.45) is 0.730. The Labute approximate surface area is 129 Å². The van der Waals surface area contributed by atoms with Crippen LogP contribution in [0.1, 0.15) is 27.0 Å². The van der Waals surface area contributed by atoms with Crippen molar-refractivity contribution in [3.05, 3.63) is 101 Å². The quantitative estimate of drug-likeness (QED) is 0.730. The molecule has 1 N–H and O–H groups in total. The zero-order chi connectivity index (χ0) is 15.4. The lowest BCUT2D eigenvalue weighted by atomic mass is 9.98. The Kier molecular flexibility index (Phi) is 4.01. The first-order chi connectivity index (χ1) is 10.7. The fourth-order valence-corrected chi connectivity index (χ4v) is 2.46. The largest absolute Gasteiger partial charge is 0.507 e. The van der Waals surface area contributed by atoms with Gasteiger partial charge in [0.1, 0.15) is 5.75 Å². The van der Waals surface area contributed by atoms with Gasteiger partial charge in [0.25, 0.3) is 0 Å². The van der Waals surface area contributed by atoms with Gasteiger partial charge in [-0.3, -0.25) is 4.79 Å². The molecule has 3 aromatic rings. The summed E-state index contributed by atoms with van der Waals surface area (Å²) in [7, 11) is 0. The molecule has 0 aliphatic rings. The van der Waals surface area contributed by atoms with Gasteiger partial charge in [0, 0.05) is 5.56 Å². The molecule has 2 nitrogen and oxygen atoms in total. The molecule has 0 bridgehead atoms. The van der Waals surface area contributed by atoms with E-state index in [2.05, 4.69) is 0 Å². The zero-order valence-corrected chi connectivity index (χ0v) is 12.1.